The first-order chi connectivity index (χ1) is 13.5. The second-order valence-corrected chi connectivity index (χ2v) is 6.22. The number of halogens is 3. The van der Waals surface area contributed by atoms with Crippen LogP contribution < -0.4 is 0 Å². The predicted molar refractivity (Wildman–Crippen MR) is 103 cm³/mol. The fourth-order valence-electron chi connectivity index (χ4n) is 3.07. The van der Waals surface area contributed by atoms with E-state index in [-0.39, 0.29) is 17.1 Å². The Hall–Kier alpha value is -3.47. The van der Waals surface area contributed by atoms with Crippen LogP contribution in [0.2, 0.25) is 0 Å². The predicted octanol–water partition coefficient (Wildman–Crippen LogP) is 6.50. The van der Waals surface area contributed by atoms with Gasteiger partial charge in [0, 0.05) is 16.7 Å². The maximum atomic E-state index is 14.0. The molecule has 3 aromatic carbocycles. The third kappa shape index (κ3) is 3.51. The fourth-order valence-corrected chi connectivity index (χ4v) is 3.07. The molecule has 0 aliphatic rings. The van der Waals surface area contributed by atoms with Crippen molar-refractivity contribution in [1.29, 1.82) is 0 Å². The molecule has 1 aromatic heterocycles. The van der Waals surface area contributed by atoms with Crippen molar-refractivity contribution >= 4 is 0 Å². The molecule has 2 nitrogen and oxygen atoms in total. The molecule has 0 N–H and O–H groups in total. The van der Waals surface area contributed by atoms with Gasteiger partial charge in [-0.25, -0.2) is 9.97 Å². The summed E-state index contributed by atoms with van der Waals surface area (Å²) in [5, 5.41) is 0. The van der Waals surface area contributed by atoms with E-state index in [2.05, 4.69) is 9.97 Å². The molecule has 5 heteroatoms. The summed E-state index contributed by atoms with van der Waals surface area (Å²) >= 11 is 0. The molecule has 0 amide bonds. The van der Waals surface area contributed by atoms with E-state index >= 15 is 0 Å². The summed E-state index contributed by atoms with van der Waals surface area (Å²) in [6, 6.07) is 26.0. The van der Waals surface area contributed by atoms with Crippen LogP contribution in [0, 0.1) is 0 Å². The number of alkyl halides is 3. The smallest absolute Gasteiger partial charge is 0.227 e. The van der Waals surface area contributed by atoms with Crippen LogP contribution in [0.3, 0.4) is 0 Å². The van der Waals surface area contributed by atoms with Gasteiger partial charge in [-0.3, -0.25) is 0 Å². The summed E-state index contributed by atoms with van der Waals surface area (Å²) in [7, 11) is 0. The molecule has 0 aliphatic carbocycles. The Morgan fingerprint density at radius 2 is 1.00 bits per heavy atom. The van der Waals surface area contributed by atoms with Crippen LogP contribution in [0.5, 0.6) is 0 Å². The number of nitrogens with zero attached hydrogens (tertiary/aromatic N) is 2. The lowest BCUT2D eigenvalue weighted by Gasteiger charge is -2.18. The highest BCUT2D eigenvalue weighted by Gasteiger charge is 2.38. The molecule has 1 heterocycles. The molecule has 4 rings (SSSR count). The summed E-state index contributed by atoms with van der Waals surface area (Å²) in [4.78, 5) is 8.49. The molecule has 0 fully saturated rings. The van der Waals surface area contributed by atoms with E-state index in [1.807, 2.05) is 6.07 Å². The van der Waals surface area contributed by atoms with Gasteiger partial charge in [-0.05, 0) is 5.56 Å². The second kappa shape index (κ2) is 7.27. The van der Waals surface area contributed by atoms with E-state index in [9.17, 15) is 13.2 Å². The first kappa shape index (κ1) is 17.9. The standard InChI is InChI=1S/C23H15F3N2/c24-23(25,26)21-19(16-10-4-1-5-11-16)20(17-12-6-2-7-13-17)27-22(28-21)18-14-8-3-9-15-18/h1-15H. The Bertz CT molecular complexity index is 1080. The normalized spacial score (nSPS) is 11.4. The van der Waals surface area contributed by atoms with Gasteiger partial charge in [0.15, 0.2) is 11.5 Å². The van der Waals surface area contributed by atoms with E-state index in [1.165, 1.54) is 0 Å². The van der Waals surface area contributed by atoms with Crippen LogP contribution in [0.4, 0.5) is 13.2 Å². The van der Waals surface area contributed by atoms with Crippen molar-refractivity contribution in [1.82, 2.24) is 9.97 Å². The minimum Gasteiger partial charge on any atom is -0.227 e. The summed E-state index contributed by atoms with van der Waals surface area (Å²) in [5.41, 5.74) is 0.864. The van der Waals surface area contributed by atoms with Crippen molar-refractivity contribution in [2.45, 2.75) is 6.18 Å². The van der Waals surface area contributed by atoms with E-state index < -0.39 is 11.9 Å². The van der Waals surface area contributed by atoms with Crippen LogP contribution in [-0.2, 0) is 6.18 Å². The van der Waals surface area contributed by atoms with E-state index in [0.29, 0.717) is 16.7 Å². The van der Waals surface area contributed by atoms with Crippen LogP contribution in [0.25, 0.3) is 33.8 Å². The summed E-state index contributed by atoms with van der Waals surface area (Å²) in [5.74, 6) is 0.0476. The molecular weight excluding hydrogens is 361 g/mol. The average molecular weight is 376 g/mol. The molecule has 0 spiro atoms. The lowest BCUT2D eigenvalue weighted by molar-refractivity contribution is -0.140. The minimum absolute atomic E-state index is 0.0148. The van der Waals surface area contributed by atoms with Gasteiger partial charge in [0.1, 0.15) is 0 Å². The van der Waals surface area contributed by atoms with Crippen molar-refractivity contribution in [2.24, 2.45) is 0 Å². The summed E-state index contributed by atoms with van der Waals surface area (Å²) < 4.78 is 42.1. The quantitative estimate of drug-likeness (QED) is 0.408. The molecule has 138 valence electrons. The number of benzene rings is 3. The molecule has 4 aromatic rings. The third-order valence-electron chi connectivity index (χ3n) is 4.32. The number of hydrogen-bond donors (Lipinski definition) is 0. The topological polar surface area (TPSA) is 25.8 Å². The van der Waals surface area contributed by atoms with E-state index in [4.69, 9.17) is 0 Å². The second-order valence-electron chi connectivity index (χ2n) is 6.22. The number of aromatic nitrogens is 2. The van der Waals surface area contributed by atoms with Crippen LogP contribution >= 0.6 is 0 Å². The average Bonchev–Trinajstić information content (AvgIpc) is 2.74. The van der Waals surface area contributed by atoms with Crippen molar-refractivity contribution < 1.29 is 13.2 Å². The number of rotatable bonds is 3. The highest BCUT2D eigenvalue weighted by molar-refractivity contribution is 5.84. The Balaban J connectivity index is 2.09. The van der Waals surface area contributed by atoms with Gasteiger partial charge in [0.2, 0.25) is 0 Å². The molecule has 28 heavy (non-hydrogen) atoms. The Morgan fingerprint density at radius 1 is 0.536 bits per heavy atom. The fraction of sp³-hybridized carbons (Fsp3) is 0.0435. The van der Waals surface area contributed by atoms with Crippen molar-refractivity contribution in [3.63, 3.8) is 0 Å². The van der Waals surface area contributed by atoms with Gasteiger partial charge >= 0.3 is 6.18 Å². The molecule has 0 saturated heterocycles. The van der Waals surface area contributed by atoms with Crippen LogP contribution in [0.15, 0.2) is 91.0 Å². The Labute approximate surface area is 160 Å². The molecule has 0 unspecified atom stereocenters. The van der Waals surface area contributed by atoms with Gasteiger partial charge in [-0.15, -0.1) is 0 Å². The van der Waals surface area contributed by atoms with Crippen molar-refractivity contribution in [3.8, 4) is 33.8 Å². The Morgan fingerprint density at radius 3 is 1.50 bits per heavy atom. The van der Waals surface area contributed by atoms with E-state index in [1.54, 1.807) is 84.9 Å². The lowest BCUT2D eigenvalue weighted by atomic mass is 9.96. The lowest BCUT2D eigenvalue weighted by Crippen LogP contribution is -2.13. The summed E-state index contributed by atoms with van der Waals surface area (Å²) in [6.07, 6.45) is -4.62. The molecular formula is C23H15F3N2. The molecule has 0 bridgehead atoms. The first-order valence-electron chi connectivity index (χ1n) is 8.69. The van der Waals surface area contributed by atoms with Gasteiger partial charge in [-0.1, -0.05) is 91.0 Å². The SMILES string of the molecule is FC(F)(F)c1nc(-c2ccccc2)nc(-c2ccccc2)c1-c1ccccc1. The zero-order valence-electron chi connectivity index (χ0n) is 14.7. The molecule has 0 aliphatic heterocycles. The molecule has 0 saturated carbocycles. The zero-order chi connectivity index (χ0) is 19.6. The summed E-state index contributed by atoms with van der Waals surface area (Å²) in [6.45, 7) is 0. The van der Waals surface area contributed by atoms with Crippen LogP contribution in [-0.4, -0.2) is 9.97 Å². The highest BCUT2D eigenvalue weighted by Crippen LogP contribution is 2.41. The third-order valence-corrected chi connectivity index (χ3v) is 4.32. The number of hydrogen-bond acceptors (Lipinski definition) is 2. The maximum absolute atomic E-state index is 14.0. The first-order valence-corrected chi connectivity index (χ1v) is 8.69. The van der Waals surface area contributed by atoms with Gasteiger partial charge in [0.05, 0.1) is 5.69 Å². The largest absolute Gasteiger partial charge is 0.434 e. The van der Waals surface area contributed by atoms with Gasteiger partial charge in [0.25, 0.3) is 0 Å². The molecule has 0 radical (unpaired) electrons. The van der Waals surface area contributed by atoms with Crippen molar-refractivity contribution in [2.75, 3.05) is 0 Å². The van der Waals surface area contributed by atoms with Gasteiger partial charge in [-0.2, -0.15) is 13.2 Å². The monoisotopic (exact) mass is 376 g/mol. The van der Waals surface area contributed by atoms with Gasteiger partial charge < -0.3 is 0 Å². The minimum atomic E-state index is -4.62. The molecule has 0 atom stereocenters. The van der Waals surface area contributed by atoms with E-state index in [0.717, 1.165) is 0 Å². The van der Waals surface area contributed by atoms with Crippen LogP contribution in [0.1, 0.15) is 5.69 Å². The highest BCUT2D eigenvalue weighted by atomic mass is 19.4. The Kier molecular flexibility index (Phi) is 4.65. The van der Waals surface area contributed by atoms with Crippen molar-refractivity contribution in [3.05, 3.63) is 96.7 Å². The zero-order valence-corrected chi connectivity index (χ0v) is 14.7. The maximum Gasteiger partial charge on any atom is 0.434 e.